The second-order valence-electron chi connectivity index (χ2n) is 2.98. The first-order chi connectivity index (χ1) is 6.69. The Labute approximate surface area is 93.0 Å². The van der Waals surface area contributed by atoms with Crippen molar-refractivity contribution in [3.63, 3.8) is 0 Å². The Morgan fingerprint density at radius 1 is 1.21 bits per heavy atom. The molecular weight excluding hydrogens is 242 g/mol. The van der Waals surface area contributed by atoms with E-state index in [1.54, 1.807) is 0 Å². The minimum Gasteiger partial charge on any atom is -0.339 e. The van der Waals surface area contributed by atoms with E-state index in [0.717, 1.165) is 23.1 Å². The molecular formula is C11H14BrNO. The Morgan fingerprint density at radius 3 is 2.14 bits per heavy atom. The van der Waals surface area contributed by atoms with Crippen molar-refractivity contribution < 1.29 is 4.79 Å². The van der Waals surface area contributed by atoms with E-state index in [9.17, 15) is 4.79 Å². The van der Waals surface area contributed by atoms with Crippen LogP contribution >= 0.6 is 15.9 Å². The molecule has 0 fully saturated rings. The van der Waals surface area contributed by atoms with E-state index in [4.69, 9.17) is 0 Å². The van der Waals surface area contributed by atoms with E-state index in [1.807, 2.05) is 43.0 Å². The molecule has 0 N–H and O–H groups in total. The van der Waals surface area contributed by atoms with Crippen LogP contribution in [-0.2, 0) is 0 Å². The van der Waals surface area contributed by atoms with Crippen molar-refractivity contribution in [1.29, 1.82) is 0 Å². The fraction of sp³-hybridized carbons (Fsp3) is 0.364. The lowest BCUT2D eigenvalue weighted by molar-refractivity contribution is 0.0773. The number of halogens is 1. The van der Waals surface area contributed by atoms with E-state index < -0.39 is 0 Å². The van der Waals surface area contributed by atoms with Crippen molar-refractivity contribution in [2.45, 2.75) is 13.8 Å². The number of nitrogens with zero attached hydrogens (tertiary/aromatic N) is 1. The maximum atomic E-state index is 11.8. The van der Waals surface area contributed by atoms with Crippen molar-refractivity contribution in [1.82, 2.24) is 4.90 Å². The molecule has 0 spiro atoms. The average molecular weight is 256 g/mol. The standard InChI is InChI=1S/C11H14BrNO/c1-3-13(4-2)11(14)9-5-7-10(12)8-6-9/h5-8H,3-4H2,1-2H3. The molecule has 1 aromatic carbocycles. The van der Waals surface area contributed by atoms with E-state index in [-0.39, 0.29) is 5.91 Å². The zero-order valence-electron chi connectivity index (χ0n) is 8.46. The summed E-state index contributed by atoms with van der Waals surface area (Å²) in [5.41, 5.74) is 0.747. The summed E-state index contributed by atoms with van der Waals surface area (Å²) in [6, 6.07) is 7.45. The Balaban J connectivity index is 2.83. The predicted octanol–water partition coefficient (Wildman–Crippen LogP) is 2.93. The summed E-state index contributed by atoms with van der Waals surface area (Å²) in [6.07, 6.45) is 0. The van der Waals surface area contributed by atoms with Gasteiger partial charge in [0.1, 0.15) is 0 Å². The Kier molecular flexibility index (Phi) is 4.14. The summed E-state index contributed by atoms with van der Waals surface area (Å²) in [4.78, 5) is 13.6. The van der Waals surface area contributed by atoms with Gasteiger partial charge in [0.25, 0.3) is 5.91 Å². The molecule has 1 aromatic rings. The van der Waals surface area contributed by atoms with Crippen LogP contribution in [0.3, 0.4) is 0 Å². The van der Waals surface area contributed by atoms with E-state index >= 15 is 0 Å². The number of rotatable bonds is 3. The number of carbonyl (C=O) groups excluding carboxylic acids is 1. The molecule has 0 aromatic heterocycles. The average Bonchev–Trinajstić information content (AvgIpc) is 2.20. The lowest BCUT2D eigenvalue weighted by Crippen LogP contribution is -2.30. The minimum atomic E-state index is 0.0995. The van der Waals surface area contributed by atoms with E-state index in [0.29, 0.717) is 0 Å². The fourth-order valence-corrected chi connectivity index (χ4v) is 1.55. The van der Waals surface area contributed by atoms with Crippen molar-refractivity contribution in [3.8, 4) is 0 Å². The predicted molar refractivity (Wildman–Crippen MR) is 61.4 cm³/mol. The summed E-state index contributed by atoms with van der Waals surface area (Å²) in [5, 5.41) is 0. The molecule has 3 heteroatoms. The number of hydrogen-bond donors (Lipinski definition) is 0. The van der Waals surface area contributed by atoms with Crippen LogP contribution in [0.1, 0.15) is 24.2 Å². The number of benzene rings is 1. The first-order valence-electron chi connectivity index (χ1n) is 4.73. The number of carbonyl (C=O) groups is 1. The molecule has 0 atom stereocenters. The minimum absolute atomic E-state index is 0.0995. The van der Waals surface area contributed by atoms with Gasteiger partial charge in [-0.1, -0.05) is 15.9 Å². The summed E-state index contributed by atoms with van der Waals surface area (Å²) < 4.78 is 0.994. The van der Waals surface area contributed by atoms with Gasteiger partial charge in [-0.2, -0.15) is 0 Å². The first kappa shape index (κ1) is 11.2. The van der Waals surface area contributed by atoms with Crippen LogP contribution in [0.15, 0.2) is 28.7 Å². The Bertz CT molecular complexity index is 304. The molecule has 0 bridgehead atoms. The van der Waals surface area contributed by atoms with Crippen molar-refractivity contribution in [2.75, 3.05) is 13.1 Å². The molecule has 2 nitrogen and oxygen atoms in total. The smallest absolute Gasteiger partial charge is 0.253 e. The van der Waals surface area contributed by atoms with Gasteiger partial charge in [0.2, 0.25) is 0 Å². The van der Waals surface area contributed by atoms with Crippen molar-refractivity contribution in [3.05, 3.63) is 34.3 Å². The van der Waals surface area contributed by atoms with Crippen LogP contribution in [0.2, 0.25) is 0 Å². The van der Waals surface area contributed by atoms with Gasteiger partial charge >= 0.3 is 0 Å². The fourth-order valence-electron chi connectivity index (χ4n) is 1.29. The third kappa shape index (κ3) is 2.58. The van der Waals surface area contributed by atoms with E-state index in [2.05, 4.69) is 15.9 Å². The van der Waals surface area contributed by atoms with Crippen LogP contribution in [0.25, 0.3) is 0 Å². The van der Waals surface area contributed by atoms with Crippen LogP contribution in [-0.4, -0.2) is 23.9 Å². The largest absolute Gasteiger partial charge is 0.339 e. The van der Waals surface area contributed by atoms with Gasteiger partial charge in [-0.3, -0.25) is 4.79 Å². The van der Waals surface area contributed by atoms with Crippen LogP contribution in [0.5, 0.6) is 0 Å². The molecule has 0 saturated heterocycles. The summed E-state index contributed by atoms with van der Waals surface area (Å²) in [5.74, 6) is 0.0995. The summed E-state index contributed by atoms with van der Waals surface area (Å²) in [7, 11) is 0. The molecule has 0 saturated carbocycles. The van der Waals surface area contributed by atoms with Crippen LogP contribution in [0.4, 0.5) is 0 Å². The van der Waals surface area contributed by atoms with Gasteiger partial charge < -0.3 is 4.90 Å². The molecule has 0 aliphatic carbocycles. The molecule has 0 radical (unpaired) electrons. The molecule has 0 unspecified atom stereocenters. The number of hydrogen-bond acceptors (Lipinski definition) is 1. The Hall–Kier alpha value is -0.830. The van der Waals surface area contributed by atoms with Crippen molar-refractivity contribution >= 4 is 21.8 Å². The molecule has 14 heavy (non-hydrogen) atoms. The quantitative estimate of drug-likeness (QED) is 0.814. The van der Waals surface area contributed by atoms with Gasteiger partial charge in [0.15, 0.2) is 0 Å². The molecule has 0 heterocycles. The van der Waals surface area contributed by atoms with Gasteiger partial charge in [0.05, 0.1) is 0 Å². The van der Waals surface area contributed by atoms with Crippen LogP contribution in [0, 0.1) is 0 Å². The molecule has 0 aliphatic rings. The third-order valence-electron chi connectivity index (χ3n) is 2.14. The van der Waals surface area contributed by atoms with Gasteiger partial charge in [0, 0.05) is 23.1 Å². The summed E-state index contributed by atoms with van der Waals surface area (Å²) in [6.45, 7) is 5.48. The second-order valence-corrected chi connectivity index (χ2v) is 3.90. The third-order valence-corrected chi connectivity index (χ3v) is 2.67. The van der Waals surface area contributed by atoms with Crippen molar-refractivity contribution in [2.24, 2.45) is 0 Å². The highest BCUT2D eigenvalue weighted by Crippen LogP contribution is 2.12. The summed E-state index contributed by atoms with van der Waals surface area (Å²) >= 11 is 3.34. The zero-order valence-corrected chi connectivity index (χ0v) is 10.0. The highest BCUT2D eigenvalue weighted by Gasteiger charge is 2.11. The lowest BCUT2D eigenvalue weighted by Gasteiger charge is -2.18. The van der Waals surface area contributed by atoms with Gasteiger partial charge in [-0.05, 0) is 38.1 Å². The lowest BCUT2D eigenvalue weighted by atomic mass is 10.2. The van der Waals surface area contributed by atoms with Gasteiger partial charge in [-0.25, -0.2) is 0 Å². The van der Waals surface area contributed by atoms with E-state index in [1.165, 1.54) is 0 Å². The normalized spacial score (nSPS) is 9.93. The molecule has 1 rings (SSSR count). The zero-order chi connectivity index (χ0) is 10.6. The van der Waals surface area contributed by atoms with Crippen LogP contribution < -0.4 is 0 Å². The SMILES string of the molecule is CCN(CC)C(=O)c1ccc(Br)cc1. The maximum Gasteiger partial charge on any atom is 0.253 e. The molecule has 1 amide bonds. The maximum absolute atomic E-state index is 11.8. The molecule has 76 valence electrons. The topological polar surface area (TPSA) is 20.3 Å². The van der Waals surface area contributed by atoms with Gasteiger partial charge in [-0.15, -0.1) is 0 Å². The number of amides is 1. The highest BCUT2D eigenvalue weighted by atomic mass is 79.9. The highest BCUT2D eigenvalue weighted by molar-refractivity contribution is 9.10. The Morgan fingerprint density at radius 2 is 1.71 bits per heavy atom. The first-order valence-corrected chi connectivity index (χ1v) is 5.53. The second kappa shape index (κ2) is 5.15. The molecule has 0 aliphatic heterocycles. The monoisotopic (exact) mass is 255 g/mol.